The summed E-state index contributed by atoms with van der Waals surface area (Å²) in [6.45, 7) is 11.5. The summed E-state index contributed by atoms with van der Waals surface area (Å²) in [5.74, 6) is 1.33. The van der Waals surface area contributed by atoms with Gasteiger partial charge in [0.05, 0.1) is 12.2 Å². The summed E-state index contributed by atoms with van der Waals surface area (Å²) in [6, 6.07) is 0. The van der Waals surface area contributed by atoms with Crippen molar-refractivity contribution >= 4 is 5.96 Å². The summed E-state index contributed by atoms with van der Waals surface area (Å²) in [7, 11) is 1.81. The van der Waals surface area contributed by atoms with Crippen molar-refractivity contribution in [2.24, 2.45) is 21.7 Å². The van der Waals surface area contributed by atoms with Gasteiger partial charge in [0.2, 0.25) is 0 Å². The van der Waals surface area contributed by atoms with E-state index in [1.54, 1.807) is 0 Å². The summed E-state index contributed by atoms with van der Waals surface area (Å²) < 4.78 is 6.07. The SMILES string of the molecule is CN=C(NCC1CCCOC1C(C)(C)C)NCC1(C)CCCCC1O. The lowest BCUT2D eigenvalue weighted by molar-refractivity contribution is -0.0835. The number of guanidine groups is 1. The van der Waals surface area contributed by atoms with E-state index < -0.39 is 0 Å². The molecule has 1 aliphatic heterocycles. The third-order valence-corrected chi connectivity index (χ3v) is 5.99. The Kier molecular flexibility index (Phi) is 7.15. The molecule has 25 heavy (non-hydrogen) atoms. The Morgan fingerprint density at radius 2 is 1.96 bits per heavy atom. The lowest BCUT2D eigenvalue weighted by atomic mass is 9.73. The van der Waals surface area contributed by atoms with E-state index in [4.69, 9.17) is 4.74 Å². The zero-order chi connectivity index (χ0) is 18.5. The van der Waals surface area contributed by atoms with Gasteiger partial charge in [-0.05, 0) is 31.1 Å². The zero-order valence-corrected chi connectivity index (χ0v) is 16.9. The summed E-state index contributed by atoms with van der Waals surface area (Å²) in [5.41, 5.74) is 0.0984. The fourth-order valence-electron chi connectivity index (χ4n) is 4.33. The predicted molar refractivity (Wildman–Crippen MR) is 104 cm³/mol. The van der Waals surface area contributed by atoms with Crippen LogP contribution in [-0.4, -0.2) is 50.0 Å². The van der Waals surface area contributed by atoms with E-state index >= 15 is 0 Å². The van der Waals surface area contributed by atoms with E-state index in [-0.39, 0.29) is 23.0 Å². The van der Waals surface area contributed by atoms with Crippen molar-refractivity contribution in [1.29, 1.82) is 0 Å². The highest BCUT2D eigenvalue weighted by molar-refractivity contribution is 5.79. The van der Waals surface area contributed by atoms with Crippen molar-refractivity contribution in [3.8, 4) is 0 Å². The van der Waals surface area contributed by atoms with Crippen LogP contribution in [0.3, 0.4) is 0 Å². The molecule has 0 spiro atoms. The van der Waals surface area contributed by atoms with Crippen molar-refractivity contribution in [3.05, 3.63) is 0 Å². The maximum absolute atomic E-state index is 10.4. The van der Waals surface area contributed by atoms with Crippen LogP contribution in [-0.2, 0) is 4.74 Å². The Morgan fingerprint density at radius 1 is 1.20 bits per heavy atom. The second-order valence-corrected chi connectivity index (χ2v) is 9.28. The molecular formula is C20H39N3O2. The number of aliphatic hydroxyl groups is 1. The van der Waals surface area contributed by atoms with Crippen LogP contribution in [0.4, 0.5) is 0 Å². The Bertz CT molecular complexity index is 447. The maximum atomic E-state index is 10.4. The third-order valence-electron chi connectivity index (χ3n) is 5.99. The minimum absolute atomic E-state index is 0.0578. The standard InChI is InChI=1S/C20H39N3O2/c1-19(2,3)17-15(9-8-12-25-17)13-22-18(21-5)23-14-20(4)11-7-6-10-16(20)24/h15-17,24H,6-14H2,1-5H3,(H2,21,22,23). The van der Waals surface area contributed by atoms with E-state index in [0.717, 1.165) is 51.3 Å². The first-order valence-corrected chi connectivity index (χ1v) is 10.0. The third kappa shape index (κ3) is 5.58. The lowest BCUT2D eigenvalue weighted by Crippen LogP contribution is -2.51. The first-order valence-electron chi connectivity index (χ1n) is 10.0. The second-order valence-electron chi connectivity index (χ2n) is 9.28. The minimum Gasteiger partial charge on any atom is -0.392 e. The van der Waals surface area contributed by atoms with Gasteiger partial charge in [-0.1, -0.05) is 40.5 Å². The van der Waals surface area contributed by atoms with Gasteiger partial charge in [0.1, 0.15) is 0 Å². The molecule has 5 nitrogen and oxygen atoms in total. The largest absolute Gasteiger partial charge is 0.392 e. The van der Waals surface area contributed by atoms with Crippen LogP contribution >= 0.6 is 0 Å². The van der Waals surface area contributed by atoms with Crippen molar-refractivity contribution in [2.75, 3.05) is 26.7 Å². The molecule has 0 radical (unpaired) electrons. The molecule has 0 amide bonds. The van der Waals surface area contributed by atoms with Gasteiger partial charge in [-0.15, -0.1) is 0 Å². The number of hydrogen-bond acceptors (Lipinski definition) is 3. The smallest absolute Gasteiger partial charge is 0.191 e. The van der Waals surface area contributed by atoms with Gasteiger partial charge in [0.15, 0.2) is 5.96 Å². The molecule has 0 aromatic rings. The molecule has 2 rings (SSSR count). The van der Waals surface area contributed by atoms with Crippen LogP contribution in [0.15, 0.2) is 4.99 Å². The van der Waals surface area contributed by atoms with Crippen LogP contribution in [0.2, 0.25) is 0 Å². The highest BCUT2D eigenvalue weighted by Crippen LogP contribution is 2.35. The maximum Gasteiger partial charge on any atom is 0.191 e. The molecule has 0 bridgehead atoms. The van der Waals surface area contributed by atoms with E-state index in [0.29, 0.717) is 5.92 Å². The molecular weight excluding hydrogens is 314 g/mol. The molecule has 1 saturated carbocycles. The molecule has 1 saturated heterocycles. The van der Waals surface area contributed by atoms with Gasteiger partial charge in [-0.25, -0.2) is 0 Å². The molecule has 146 valence electrons. The molecule has 5 heteroatoms. The molecule has 0 aromatic heterocycles. The fourth-order valence-corrected chi connectivity index (χ4v) is 4.33. The minimum atomic E-state index is -0.219. The molecule has 2 aliphatic rings. The highest BCUT2D eigenvalue weighted by Gasteiger charge is 2.36. The summed E-state index contributed by atoms with van der Waals surface area (Å²) >= 11 is 0. The number of nitrogens with zero attached hydrogens (tertiary/aromatic N) is 1. The molecule has 1 heterocycles. The Hall–Kier alpha value is -0.810. The fraction of sp³-hybridized carbons (Fsp3) is 0.950. The van der Waals surface area contributed by atoms with Gasteiger partial charge in [0.25, 0.3) is 0 Å². The van der Waals surface area contributed by atoms with Crippen LogP contribution in [0, 0.1) is 16.7 Å². The van der Waals surface area contributed by atoms with Crippen molar-refractivity contribution in [3.63, 3.8) is 0 Å². The van der Waals surface area contributed by atoms with Crippen LogP contribution < -0.4 is 10.6 Å². The number of aliphatic hydroxyl groups excluding tert-OH is 1. The van der Waals surface area contributed by atoms with E-state index in [9.17, 15) is 5.11 Å². The summed E-state index contributed by atoms with van der Waals surface area (Å²) in [5, 5.41) is 17.3. The van der Waals surface area contributed by atoms with Gasteiger partial charge >= 0.3 is 0 Å². The average molecular weight is 354 g/mol. The van der Waals surface area contributed by atoms with E-state index in [1.807, 2.05) is 7.05 Å². The van der Waals surface area contributed by atoms with Gasteiger partial charge in [-0.2, -0.15) is 0 Å². The number of aliphatic imine (C=N–C) groups is 1. The predicted octanol–water partition coefficient (Wildman–Crippen LogP) is 2.93. The normalized spacial score (nSPS) is 34.6. The van der Waals surface area contributed by atoms with Gasteiger partial charge in [0, 0.05) is 38.1 Å². The Balaban J connectivity index is 1.85. The highest BCUT2D eigenvalue weighted by atomic mass is 16.5. The molecule has 1 aliphatic carbocycles. The number of rotatable bonds is 4. The molecule has 4 unspecified atom stereocenters. The summed E-state index contributed by atoms with van der Waals surface area (Å²) in [6.07, 6.45) is 6.72. The van der Waals surface area contributed by atoms with Gasteiger partial charge in [-0.3, -0.25) is 4.99 Å². The first-order chi connectivity index (χ1) is 11.8. The van der Waals surface area contributed by atoms with Crippen LogP contribution in [0.25, 0.3) is 0 Å². The Morgan fingerprint density at radius 3 is 2.60 bits per heavy atom. The molecule has 2 fully saturated rings. The van der Waals surface area contributed by atoms with Crippen molar-refractivity contribution < 1.29 is 9.84 Å². The molecule has 4 atom stereocenters. The zero-order valence-electron chi connectivity index (χ0n) is 16.9. The number of ether oxygens (including phenoxy) is 1. The van der Waals surface area contributed by atoms with Crippen LogP contribution in [0.5, 0.6) is 0 Å². The van der Waals surface area contributed by atoms with Gasteiger partial charge < -0.3 is 20.5 Å². The van der Waals surface area contributed by atoms with Crippen molar-refractivity contribution in [1.82, 2.24) is 10.6 Å². The van der Waals surface area contributed by atoms with Crippen molar-refractivity contribution in [2.45, 2.75) is 78.4 Å². The lowest BCUT2D eigenvalue weighted by Gasteiger charge is -2.41. The Labute approximate surface area is 154 Å². The van der Waals surface area contributed by atoms with Crippen LogP contribution in [0.1, 0.15) is 66.2 Å². The number of hydrogen-bond donors (Lipinski definition) is 3. The topological polar surface area (TPSA) is 65.9 Å². The quantitative estimate of drug-likeness (QED) is 0.537. The van der Waals surface area contributed by atoms with E-state index in [2.05, 4.69) is 43.3 Å². The monoisotopic (exact) mass is 353 g/mol. The number of nitrogens with one attached hydrogen (secondary N) is 2. The summed E-state index contributed by atoms with van der Waals surface area (Å²) in [4.78, 5) is 4.37. The second kappa shape index (κ2) is 8.72. The molecule has 0 aromatic carbocycles. The van der Waals surface area contributed by atoms with E-state index in [1.165, 1.54) is 12.8 Å². The average Bonchev–Trinajstić information content (AvgIpc) is 2.57. The molecule has 3 N–H and O–H groups in total. The first kappa shape index (κ1) is 20.5.